The molecular weight excluding hydrogens is 388 g/mol. The van der Waals surface area contributed by atoms with Gasteiger partial charge in [-0.1, -0.05) is 23.4 Å². The monoisotopic (exact) mass is 410 g/mol. The third kappa shape index (κ3) is 5.71. The van der Waals surface area contributed by atoms with Gasteiger partial charge in [0.2, 0.25) is 11.8 Å². The second-order valence-corrected chi connectivity index (χ2v) is 7.99. The van der Waals surface area contributed by atoms with Crippen LogP contribution < -0.4 is 16.2 Å². The highest BCUT2D eigenvalue weighted by molar-refractivity contribution is 7.99. The van der Waals surface area contributed by atoms with E-state index >= 15 is 0 Å². The Labute approximate surface area is 166 Å². The van der Waals surface area contributed by atoms with Crippen molar-refractivity contribution in [1.82, 2.24) is 20.2 Å². The first kappa shape index (κ1) is 21.2. The quantitative estimate of drug-likeness (QED) is 0.540. The first-order valence-corrected chi connectivity index (χ1v) is 9.96. The van der Waals surface area contributed by atoms with Crippen LogP contribution in [-0.2, 0) is 9.59 Å². The van der Waals surface area contributed by atoms with E-state index in [2.05, 4.69) is 15.6 Å². The molecular formula is C18H23ClN4O3S. The SMILES string of the molecule is CC(C)NC(=O)CNC(=O)CSc1nc2cc(Cl)ccc2c(=O)n1C(C)C. The van der Waals surface area contributed by atoms with E-state index in [4.69, 9.17) is 11.6 Å². The summed E-state index contributed by atoms with van der Waals surface area (Å²) in [6.45, 7) is 7.36. The first-order chi connectivity index (χ1) is 12.7. The van der Waals surface area contributed by atoms with Gasteiger partial charge < -0.3 is 10.6 Å². The fourth-order valence-corrected chi connectivity index (χ4v) is 3.57. The molecule has 1 aromatic carbocycles. The van der Waals surface area contributed by atoms with Crippen molar-refractivity contribution < 1.29 is 9.59 Å². The summed E-state index contributed by atoms with van der Waals surface area (Å²) in [7, 11) is 0. The molecule has 0 aliphatic heterocycles. The molecule has 0 saturated carbocycles. The van der Waals surface area contributed by atoms with Gasteiger partial charge in [-0.3, -0.25) is 19.0 Å². The van der Waals surface area contributed by atoms with Crippen LogP contribution in [0.15, 0.2) is 28.2 Å². The molecule has 2 rings (SSSR count). The predicted octanol–water partition coefficient (Wildman–Crippen LogP) is 2.36. The Balaban J connectivity index is 2.15. The Kier molecular flexibility index (Phi) is 7.26. The maximum Gasteiger partial charge on any atom is 0.262 e. The topological polar surface area (TPSA) is 93.1 Å². The van der Waals surface area contributed by atoms with Crippen LogP contribution >= 0.6 is 23.4 Å². The third-order valence-electron chi connectivity index (χ3n) is 3.58. The lowest BCUT2D eigenvalue weighted by molar-refractivity contribution is -0.125. The maximum absolute atomic E-state index is 12.8. The Bertz CT molecular complexity index is 911. The molecule has 0 atom stereocenters. The highest BCUT2D eigenvalue weighted by atomic mass is 35.5. The molecule has 2 amide bonds. The lowest BCUT2D eigenvalue weighted by atomic mass is 10.2. The van der Waals surface area contributed by atoms with E-state index in [9.17, 15) is 14.4 Å². The van der Waals surface area contributed by atoms with E-state index in [1.165, 1.54) is 0 Å². The van der Waals surface area contributed by atoms with Crippen molar-refractivity contribution in [2.45, 2.75) is 44.9 Å². The number of carbonyl (C=O) groups is 2. The summed E-state index contributed by atoms with van der Waals surface area (Å²) in [6.07, 6.45) is 0. The van der Waals surface area contributed by atoms with E-state index in [-0.39, 0.29) is 41.8 Å². The molecule has 1 aromatic heterocycles. The summed E-state index contributed by atoms with van der Waals surface area (Å²) < 4.78 is 1.56. The van der Waals surface area contributed by atoms with Gasteiger partial charge in [-0.15, -0.1) is 0 Å². The molecule has 0 aliphatic rings. The Morgan fingerprint density at radius 3 is 2.56 bits per heavy atom. The maximum atomic E-state index is 12.8. The highest BCUT2D eigenvalue weighted by Gasteiger charge is 2.16. The molecule has 0 fully saturated rings. The van der Waals surface area contributed by atoms with E-state index in [1.807, 2.05) is 27.7 Å². The van der Waals surface area contributed by atoms with Crippen molar-refractivity contribution >= 4 is 46.1 Å². The molecule has 0 aliphatic carbocycles. The minimum atomic E-state index is -0.311. The largest absolute Gasteiger partial charge is 0.352 e. The number of carbonyl (C=O) groups excluding carboxylic acids is 2. The average Bonchev–Trinajstić information content (AvgIpc) is 2.56. The second-order valence-electron chi connectivity index (χ2n) is 6.61. The van der Waals surface area contributed by atoms with Crippen molar-refractivity contribution in [3.05, 3.63) is 33.6 Å². The van der Waals surface area contributed by atoms with Gasteiger partial charge in [-0.2, -0.15) is 0 Å². The smallest absolute Gasteiger partial charge is 0.262 e. The second kappa shape index (κ2) is 9.23. The van der Waals surface area contributed by atoms with Crippen molar-refractivity contribution in [2.75, 3.05) is 12.3 Å². The Morgan fingerprint density at radius 1 is 1.22 bits per heavy atom. The van der Waals surface area contributed by atoms with Gasteiger partial charge in [0.1, 0.15) is 0 Å². The number of aromatic nitrogens is 2. The number of nitrogens with one attached hydrogen (secondary N) is 2. The van der Waals surface area contributed by atoms with E-state index in [0.29, 0.717) is 21.1 Å². The molecule has 2 N–H and O–H groups in total. The van der Waals surface area contributed by atoms with Gasteiger partial charge in [0, 0.05) is 17.1 Å². The zero-order valence-corrected chi connectivity index (χ0v) is 17.3. The summed E-state index contributed by atoms with van der Waals surface area (Å²) in [5, 5.41) is 6.66. The Hall–Kier alpha value is -2.06. The van der Waals surface area contributed by atoms with Gasteiger partial charge in [-0.05, 0) is 45.9 Å². The summed E-state index contributed by atoms with van der Waals surface area (Å²) in [4.78, 5) is 40.9. The van der Waals surface area contributed by atoms with Crippen LogP contribution in [0.1, 0.15) is 33.7 Å². The van der Waals surface area contributed by atoms with Gasteiger partial charge in [-0.25, -0.2) is 4.98 Å². The molecule has 0 spiro atoms. The molecule has 0 radical (unpaired) electrons. The third-order valence-corrected chi connectivity index (χ3v) is 4.76. The number of fused-ring (bicyclic) bond motifs is 1. The minimum absolute atomic E-state index is 0.0119. The molecule has 0 unspecified atom stereocenters. The lowest BCUT2D eigenvalue weighted by Crippen LogP contribution is -2.40. The summed E-state index contributed by atoms with van der Waals surface area (Å²) >= 11 is 7.15. The number of benzene rings is 1. The summed E-state index contributed by atoms with van der Waals surface area (Å²) in [6, 6.07) is 4.83. The first-order valence-electron chi connectivity index (χ1n) is 8.59. The van der Waals surface area contributed by atoms with Crippen molar-refractivity contribution in [2.24, 2.45) is 0 Å². The number of halogens is 1. The van der Waals surface area contributed by atoms with Crippen LogP contribution in [0, 0.1) is 0 Å². The number of thioether (sulfide) groups is 1. The van der Waals surface area contributed by atoms with E-state index in [0.717, 1.165) is 11.8 Å². The van der Waals surface area contributed by atoms with Crippen LogP contribution in [0.3, 0.4) is 0 Å². The zero-order chi connectivity index (χ0) is 20.1. The van der Waals surface area contributed by atoms with Crippen LogP contribution in [0.4, 0.5) is 0 Å². The fraction of sp³-hybridized carbons (Fsp3) is 0.444. The number of rotatable bonds is 7. The summed E-state index contributed by atoms with van der Waals surface area (Å²) in [5.41, 5.74) is 0.314. The summed E-state index contributed by atoms with van der Waals surface area (Å²) in [5.74, 6) is -0.518. The van der Waals surface area contributed by atoms with Gasteiger partial charge >= 0.3 is 0 Å². The van der Waals surface area contributed by atoms with E-state index < -0.39 is 0 Å². The molecule has 2 aromatic rings. The molecule has 0 bridgehead atoms. The molecule has 146 valence electrons. The highest BCUT2D eigenvalue weighted by Crippen LogP contribution is 2.22. The number of nitrogens with zero attached hydrogens (tertiary/aromatic N) is 2. The molecule has 1 heterocycles. The van der Waals surface area contributed by atoms with Crippen molar-refractivity contribution in [1.29, 1.82) is 0 Å². The van der Waals surface area contributed by atoms with Crippen LogP contribution in [0.2, 0.25) is 5.02 Å². The molecule has 0 saturated heterocycles. The zero-order valence-electron chi connectivity index (χ0n) is 15.7. The molecule has 7 nitrogen and oxygen atoms in total. The van der Waals surface area contributed by atoms with Crippen molar-refractivity contribution in [3.63, 3.8) is 0 Å². The van der Waals surface area contributed by atoms with Gasteiger partial charge in [0.05, 0.1) is 23.2 Å². The standard InChI is InChI=1S/C18H23ClN4O3S/c1-10(2)21-15(24)8-20-16(25)9-27-18-22-14-7-12(19)5-6-13(14)17(26)23(18)11(3)4/h5-7,10-11H,8-9H2,1-4H3,(H,20,25)(H,21,24). The van der Waals surface area contributed by atoms with Gasteiger partial charge in [0.25, 0.3) is 5.56 Å². The van der Waals surface area contributed by atoms with Crippen molar-refractivity contribution in [3.8, 4) is 0 Å². The van der Waals surface area contributed by atoms with E-state index in [1.54, 1.807) is 22.8 Å². The number of hydrogen-bond donors (Lipinski definition) is 2. The molecule has 27 heavy (non-hydrogen) atoms. The number of amides is 2. The Morgan fingerprint density at radius 2 is 1.93 bits per heavy atom. The van der Waals surface area contributed by atoms with Crippen LogP contribution in [-0.4, -0.2) is 39.7 Å². The minimum Gasteiger partial charge on any atom is -0.352 e. The number of hydrogen-bond acceptors (Lipinski definition) is 5. The molecule has 9 heteroatoms. The van der Waals surface area contributed by atoms with Crippen LogP contribution in [0.5, 0.6) is 0 Å². The normalized spacial score (nSPS) is 11.2. The lowest BCUT2D eigenvalue weighted by Gasteiger charge is -2.16. The predicted molar refractivity (Wildman–Crippen MR) is 108 cm³/mol. The average molecular weight is 411 g/mol. The fourth-order valence-electron chi connectivity index (χ4n) is 2.44. The van der Waals surface area contributed by atoms with Crippen LogP contribution in [0.25, 0.3) is 10.9 Å². The van der Waals surface area contributed by atoms with Gasteiger partial charge in [0.15, 0.2) is 5.16 Å².